The molecule has 78 valence electrons. The van der Waals surface area contributed by atoms with Crippen molar-refractivity contribution >= 4 is 5.97 Å². The molecule has 2 aromatic rings. The molecule has 0 fully saturated rings. The van der Waals surface area contributed by atoms with E-state index < -0.39 is 5.97 Å². The van der Waals surface area contributed by atoms with Crippen molar-refractivity contribution in [2.24, 2.45) is 0 Å². The van der Waals surface area contributed by atoms with Crippen LogP contribution in [0.1, 0.15) is 10.6 Å². The summed E-state index contributed by atoms with van der Waals surface area (Å²) in [7, 11) is 0. The van der Waals surface area contributed by atoms with Crippen LogP contribution >= 0.6 is 0 Å². The molecule has 0 aliphatic heterocycles. The van der Waals surface area contributed by atoms with Gasteiger partial charge in [-0.05, 0) is 22.6 Å². The molecular formula is C10H6N4O2. The predicted octanol–water partition coefficient (Wildman–Crippen LogP) is 0.410. The average Bonchev–Trinajstić information content (AvgIpc) is 2.79. The normalized spacial score (nSPS) is 9.44. The van der Waals surface area contributed by atoms with Gasteiger partial charge >= 0.3 is 5.97 Å². The number of esters is 1. The minimum absolute atomic E-state index is 0.0656. The highest BCUT2D eigenvalue weighted by molar-refractivity contribution is 5.86. The van der Waals surface area contributed by atoms with E-state index in [9.17, 15) is 4.79 Å². The lowest BCUT2D eigenvalue weighted by molar-refractivity contribution is 0.0674. The first-order valence-electron chi connectivity index (χ1n) is 4.33. The van der Waals surface area contributed by atoms with Crippen LogP contribution < -0.4 is 0 Å². The van der Waals surface area contributed by atoms with Crippen LogP contribution in [0.25, 0.3) is 5.69 Å². The summed E-state index contributed by atoms with van der Waals surface area (Å²) in [4.78, 5) is 11.4. The van der Waals surface area contributed by atoms with Crippen molar-refractivity contribution in [3.05, 3.63) is 36.2 Å². The Morgan fingerprint density at radius 1 is 1.38 bits per heavy atom. The molecule has 1 aromatic heterocycles. The molecule has 0 radical (unpaired) electrons. The highest BCUT2D eigenvalue weighted by Crippen LogP contribution is 2.07. The lowest BCUT2D eigenvalue weighted by atomic mass is 10.3. The highest BCUT2D eigenvalue weighted by atomic mass is 16.5. The van der Waals surface area contributed by atoms with Crippen LogP contribution in [0.5, 0.6) is 0 Å². The van der Waals surface area contributed by atoms with E-state index in [1.54, 1.807) is 30.4 Å². The van der Waals surface area contributed by atoms with Crippen molar-refractivity contribution < 1.29 is 9.53 Å². The number of terminal acetylenes is 1. The summed E-state index contributed by atoms with van der Waals surface area (Å²) < 4.78 is 5.62. The summed E-state index contributed by atoms with van der Waals surface area (Å²) in [6, 6.07) is 8.94. The molecule has 0 aliphatic rings. The van der Waals surface area contributed by atoms with Crippen LogP contribution in [0.15, 0.2) is 30.3 Å². The second-order valence-electron chi connectivity index (χ2n) is 2.76. The van der Waals surface area contributed by atoms with Crippen molar-refractivity contribution in [3.63, 3.8) is 0 Å². The Morgan fingerprint density at radius 3 is 2.81 bits per heavy atom. The Bertz CT molecular complexity index is 541. The van der Waals surface area contributed by atoms with Gasteiger partial charge in [0, 0.05) is 0 Å². The van der Waals surface area contributed by atoms with Gasteiger partial charge in [-0.25, -0.2) is 4.79 Å². The van der Waals surface area contributed by atoms with Crippen LogP contribution in [0.2, 0.25) is 0 Å². The van der Waals surface area contributed by atoms with Gasteiger partial charge < -0.3 is 4.74 Å². The lowest BCUT2D eigenvalue weighted by Crippen LogP contribution is -2.11. The zero-order valence-corrected chi connectivity index (χ0v) is 8.07. The predicted molar refractivity (Wildman–Crippen MR) is 53.4 cm³/mol. The Kier molecular flexibility index (Phi) is 2.61. The quantitative estimate of drug-likeness (QED) is 0.535. The molecule has 6 nitrogen and oxygen atoms in total. The largest absolute Gasteiger partial charge is 0.392 e. The number of benzene rings is 1. The molecule has 1 aromatic carbocycles. The topological polar surface area (TPSA) is 69.9 Å². The van der Waals surface area contributed by atoms with E-state index in [1.807, 2.05) is 6.07 Å². The van der Waals surface area contributed by atoms with Gasteiger partial charge in [0.1, 0.15) is 6.11 Å². The van der Waals surface area contributed by atoms with Gasteiger partial charge in [0.25, 0.3) is 5.82 Å². The van der Waals surface area contributed by atoms with Crippen LogP contribution in [-0.2, 0) is 4.74 Å². The first-order chi connectivity index (χ1) is 7.83. The van der Waals surface area contributed by atoms with E-state index in [0.717, 1.165) is 0 Å². The Labute approximate surface area is 90.8 Å². The van der Waals surface area contributed by atoms with E-state index in [0.29, 0.717) is 5.69 Å². The van der Waals surface area contributed by atoms with Gasteiger partial charge in [-0.1, -0.05) is 24.6 Å². The summed E-state index contributed by atoms with van der Waals surface area (Å²) >= 11 is 0. The number of carbonyl (C=O) groups is 1. The van der Waals surface area contributed by atoms with Crippen molar-refractivity contribution in [1.29, 1.82) is 0 Å². The standard InChI is InChI=1S/C10H6N4O2/c1-2-16-10(15)9-11-12-13-14(9)8-6-4-3-5-7-8/h1,3-7H. The average molecular weight is 214 g/mol. The zero-order valence-electron chi connectivity index (χ0n) is 8.07. The number of aromatic nitrogens is 4. The molecule has 0 aliphatic carbocycles. The second-order valence-corrected chi connectivity index (χ2v) is 2.76. The molecular weight excluding hydrogens is 208 g/mol. The van der Waals surface area contributed by atoms with Crippen molar-refractivity contribution in [2.45, 2.75) is 0 Å². The van der Waals surface area contributed by atoms with Gasteiger partial charge in [0.15, 0.2) is 0 Å². The first-order valence-corrected chi connectivity index (χ1v) is 4.33. The van der Waals surface area contributed by atoms with Crippen LogP contribution in [0, 0.1) is 12.5 Å². The van der Waals surface area contributed by atoms with Crippen LogP contribution in [0.4, 0.5) is 0 Å². The number of carbonyl (C=O) groups excluding carboxylic acids is 1. The molecule has 0 atom stereocenters. The third-order valence-corrected chi connectivity index (χ3v) is 1.80. The smallest absolute Gasteiger partial charge is 0.366 e. The zero-order chi connectivity index (χ0) is 11.4. The Morgan fingerprint density at radius 2 is 2.12 bits per heavy atom. The van der Waals surface area contributed by atoms with Gasteiger partial charge in [-0.15, -0.1) is 5.10 Å². The molecule has 0 saturated carbocycles. The van der Waals surface area contributed by atoms with E-state index in [2.05, 4.69) is 20.3 Å². The summed E-state index contributed by atoms with van der Waals surface area (Å²) in [6.07, 6.45) is 6.63. The third kappa shape index (κ3) is 1.74. The molecule has 0 unspecified atom stereocenters. The van der Waals surface area contributed by atoms with Gasteiger partial charge in [-0.2, -0.15) is 4.68 Å². The summed E-state index contributed by atoms with van der Waals surface area (Å²) in [5, 5.41) is 10.6. The fourth-order valence-electron chi connectivity index (χ4n) is 1.16. The number of hydrogen-bond donors (Lipinski definition) is 0. The number of rotatable bonds is 2. The first kappa shape index (κ1) is 9.86. The van der Waals surface area contributed by atoms with Crippen molar-refractivity contribution in [1.82, 2.24) is 20.2 Å². The lowest BCUT2D eigenvalue weighted by Gasteiger charge is -2.00. The maximum absolute atomic E-state index is 11.4. The molecule has 0 spiro atoms. The number of tetrazole rings is 1. The maximum atomic E-state index is 11.4. The SMILES string of the molecule is C#COC(=O)c1nnnn1-c1ccccc1. The van der Waals surface area contributed by atoms with Gasteiger partial charge in [0.05, 0.1) is 5.69 Å². The molecule has 16 heavy (non-hydrogen) atoms. The second kappa shape index (κ2) is 4.23. The van der Waals surface area contributed by atoms with Crippen LogP contribution in [0.3, 0.4) is 0 Å². The number of nitrogens with zero attached hydrogens (tertiary/aromatic N) is 4. The Balaban J connectivity index is 2.41. The Hall–Kier alpha value is -2.68. The number of ether oxygens (including phenoxy) is 1. The van der Waals surface area contributed by atoms with E-state index in [-0.39, 0.29) is 5.82 Å². The van der Waals surface area contributed by atoms with E-state index in [4.69, 9.17) is 6.42 Å². The van der Waals surface area contributed by atoms with Crippen molar-refractivity contribution in [2.75, 3.05) is 0 Å². The molecule has 0 N–H and O–H groups in total. The fraction of sp³-hybridized carbons (Fsp3) is 0. The third-order valence-electron chi connectivity index (χ3n) is 1.80. The fourth-order valence-corrected chi connectivity index (χ4v) is 1.16. The minimum atomic E-state index is -0.767. The molecule has 2 rings (SSSR count). The number of hydrogen-bond acceptors (Lipinski definition) is 5. The number of para-hydroxylation sites is 1. The molecule has 0 amide bonds. The molecule has 0 saturated heterocycles. The minimum Gasteiger partial charge on any atom is -0.366 e. The van der Waals surface area contributed by atoms with Gasteiger partial charge in [0.2, 0.25) is 0 Å². The molecule has 1 heterocycles. The van der Waals surface area contributed by atoms with E-state index in [1.165, 1.54) is 4.68 Å². The summed E-state index contributed by atoms with van der Waals surface area (Å²) in [5.74, 6) is -0.833. The van der Waals surface area contributed by atoms with Crippen LogP contribution in [-0.4, -0.2) is 26.2 Å². The van der Waals surface area contributed by atoms with E-state index >= 15 is 0 Å². The maximum Gasteiger partial charge on any atom is 0.392 e. The monoisotopic (exact) mass is 214 g/mol. The van der Waals surface area contributed by atoms with Crippen molar-refractivity contribution in [3.8, 4) is 18.2 Å². The molecule has 6 heteroatoms. The molecule has 0 bridgehead atoms. The summed E-state index contributed by atoms with van der Waals surface area (Å²) in [6.45, 7) is 0. The summed E-state index contributed by atoms with van der Waals surface area (Å²) in [5.41, 5.74) is 0.650. The highest BCUT2D eigenvalue weighted by Gasteiger charge is 2.17. The van der Waals surface area contributed by atoms with Gasteiger partial charge in [-0.3, -0.25) is 0 Å².